The zero-order chi connectivity index (χ0) is 8.70. The van der Waals surface area contributed by atoms with Crippen LogP contribution in [0, 0.1) is 5.41 Å². The van der Waals surface area contributed by atoms with E-state index >= 15 is 0 Å². The highest BCUT2D eigenvalue weighted by Gasteiger charge is 2.44. The molecule has 1 aliphatic rings. The molecule has 1 aliphatic carbocycles. The van der Waals surface area contributed by atoms with Crippen molar-refractivity contribution in [1.82, 2.24) is 0 Å². The molecule has 2 nitrogen and oxygen atoms in total. The Morgan fingerprint density at radius 1 is 1.36 bits per heavy atom. The van der Waals surface area contributed by atoms with Crippen LogP contribution >= 0.6 is 0 Å². The lowest BCUT2D eigenvalue weighted by Crippen LogP contribution is -2.57. The number of hydrogen-bond acceptors (Lipinski definition) is 2. The van der Waals surface area contributed by atoms with Gasteiger partial charge in [0.25, 0.3) is 0 Å². The van der Waals surface area contributed by atoms with Gasteiger partial charge < -0.3 is 5.73 Å². The average molecular weight is 155 g/mol. The number of nitrogens with two attached hydrogens (primary N) is 1. The molecule has 0 saturated heterocycles. The lowest BCUT2D eigenvalue weighted by Gasteiger charge is -2.40. The maximum Gasteiger partial charge on any atom is 0.157 e. The van der Waals surface area contributed by atoms with E-state index in [1.54, 1.807) is 0 Å². The van der Waals surface area contributed by atoms with Crippen LogP contribution in [0.2, 0.25) is 0 Å². The van der Waals surface area contributed by atoms with Crippen LogP contribution < -0.4 is 5.73 Å². The van der Waals surface area contributed by atoms with Crippen LogP contribution in [0.25, 0.3) is 0 Å². The normalized spacial score (nSPS) is 22.5. The van der Waals surface area contributed by atoms with E-state index in [2.05, 4.69) is 0 Å². The molecule has 0 aliphatic heterocycles. The summed E-state index contributed by atoms with van der Waals surface area (Å²) in [6.07, 6.45) is 2.87. The summed E-state index contributed by atoms with van der Waals surface area (Å²) in [4.78, 5) is 11.6. The van der Waals surface area contributed by atoms with E-state index in [1.807, 2.05) is 20.8 Å². The van der Waals surface area contributed by atoms with Crippen LogP contribution in [0.1, 0.15) is 40.0 Å². The number of carbonyl (C=O) groups excluding carboxylic acids is 1. The summed E-state index contributed by atoms with van der Waals surface area (Å²) in [6, 6.07) is 0. The molecule has 0 atom stereocenters. The van der Waals surface area contributed by atoms with Crippen LogP contribution in [-0.4, -0.2) is 11.3 Å². The molecule has 0 radical (unpaired) electrons. The summed E-state index contributed by atoms with van der Waals surface area (Å²) in [5, 5.41) is 0. The molecule has 2 N–H and O–H groups in total. The first-order chi connectivity index (χ1) is 4.86. The van der Waals surface area contributed by atoms with E-state index < -0.39 is 5.54 Å². The summed E-state index contributed by atoms with van der Waals surface area (Å²) in [7, 11) is 0. The number of rotatable bonds is 1. The van der Waals surface area contributed by atoms with Crippen molar-refractivity contribution >= 4 is 5.78 Å². The fraction of sp³-hybridized carbons (Fsp3) is 0.889. The van der Waals surface area contributed by atoms with E-state index in [4.69, 9.17) is 5.73 Å². The second-order valence-electron chi connectivity index (χ2n) is 4.59. The van der Waals surface area contributed by atoms with E-state index in [-0.39, 0.29) is 11.2 Å². The quantitative estimate of drug-likeness (QED) is 0.623. The standard InChI is InChI=1S/C9H17NO/c1-8(2,3)7(11)9(10)5-4-6-9/h4-6,10H2,1-3H3. The Morgan fingerprint density at radius 3 is 1.91 bits per heavy atom. The minimum atomic E-state index is -0.474. The third kappa shape index (κ3) is 1.45. The van der Waals surface area contributed by atoms with Crippen molar-refractivity contribution in [2.45, 2.75) is 45.6 Å². The van der Waals surface area contributed by atoms with Crippen molar-refractivity contribution in [3.05, 3.63) is 0 Å². The van der Waals surface area contributed by atoms with Crippen LogP contribution in [0.3, 0.4) is 0 Å². The minimum absolute atomic E-state index is 0.219. The smallest absolute Gasteiger partial charge is 0.157 e. The fourth-order valence-electron chi connectivity index (χ4n) is 1.53. The summed E-state index contributed by atoms with van der Waals surface area (Å²) in [5.74, 6) is 0.219. The van der Waals surface area contributed by atoms with Crippen molar-refractivity contribution in [1.29, 1.82) is 0 Å². The largest absolute Gasteiger partial charge is 0.319 e. The molecule has 64 valence electrons. The van der Waals surface area contributed by atoms with Crippen molar-refractivity contribution in [3.63, 3.8) is 0 Å². The van der Waals surface area contributed by atoms with Crippen molar-refractivity contribution < 1.29 is 4.79 Å². The predicted molar refractivity (Wildman–Crippen MR) is 45.2 cm³/mol. The number of Topliss-reactive ketones (excluding diaryl/α,β-unsaturated/α-hetero) is 1. The SMILES string of the molecule is CC(C)(C)C(=O)C1(N)CCC1. The van der Waals surface area contributed by atoms with Crippen LogP contribution in [0.4, 0.5) is 0 Å². The molecule has 1 saturated carbocycles. The third-order valence-corrected chi connectivity index (χ3v) is 2.38. The molecule has 11 heavy (non-hydrogen) atoms. The molecule has 0 amide bonds. The van der Waals surface area contributed by atoms with Gasteiger partial charge in [-0.15, -0.1) is 0 Å². The highest BCUT2D eigenvalue weighted by molar-refractivity contribution is 5.93. The van der Waals surface area contributed by atoms with Gasteiger partial charge in [0.15, 0.2) is 5.78 Å². The molecule has 0 spiro atoms. The van der Waals surface area contributed by atoms with Gasteiger partial charge in [-0.2, -0.15) is 0 Å². The maximum absolute atomic E-state index is 11.6. The maximum atomic E-state index is 11.6. The topological polar surface area (TPSA) is 43.1 Å². The number of carbonyl (C=O) groups is 1. The lowest BCUT2D eigenvalue weighted by molar-refractivity contribution is -0.134. The molecule has 0 heterocycles. The molecule has 0 bridgehead atoms. The predicted octanol–water partition coefficient (Wildman–Crippen LogP) is 1.48. The van der Waals surface area contributed by atoms with Gasteiger partial charge in [0.05, 0.1) is 5.54 Å². The summed E-state index contributed by atoms with van der Waals surface area (Å²) in [6.45, 7) is 5.80. The second kappa shape index (κ2) is 2.31. The van der Waals surface area contributed by atoms with Crippen LogP contribution in [0.5, 0.6) is 0 Å². The van der Waals surface area contributed by atoms with Gasteiger partial charge in [0.2, 0.25) is 0 Å². The zero-order valence-electron chi connectivity index (χ0n) is 7.61. The first-order valence-electron chi connectivity index (χ1n) is 4.20. The number of ketones is 1. The van der Waals surface area contributed by atoms with Crippen molar-refractivity contribution in [3.8, 4) is 0 Å². The molecule has 0 aromatic carbocycles. The highest BCUT2D eigenvalue weighted by Crippen LogP contribution is 2.35. The third-order valence-electron chi connectivity index (χ3n) is 2.38. The Hall–Kier alpha value is -0.370. The first-order valence-corrected chi connectivity index (χ1v) is 4.20. The van der Waals surface area contributed by atoms with Crippen LogP contribution in [0.15, 0.2) is 0 Å². The number of hydrogen-bond donors (Lipinski definition) is 1. The van der Waals surface area contributed by atoms with Gasteiger partial charge >= 0.3 is 0 Å². The Bertz CT molecular complexity index is 174. The lowest BCUT2D eigenvalue weighted by atomic mass is 9.67. The van der Waals surface area contributed by atoms with Crippen molar-refractivity contribution in [2.24, 2.45) is 11.1 Å². The molecule has 1 rings (SSSR count). The highest BCUT2D eigenvalue weighted by atomic mass is 16.1. The molecule has 2 heteroatoms. The Kier molecular flexibility index (Phi) is 1.83. The van der Waals surface area contributed by atoms with E-state index in [9.17, 15) is 4.79 Å². The van der Waals surface area contributed by atoms with Gasteiger partial charge in [-0.05, 0) is 19.3 Å². The van der Waals surface area contributed by atoms with Gasteiger partial charge in [-0.3, -0.25) is 4.79 Å². The van der Waals surface area contributed by atoms with Crippen LogP contribution in [-0.2, 0) is 4.79 Å². The Labute approximate surface area is 68.2 Å². The fourth-order valence-corrected chi connectivity index (χ4v) is 1.53. The molecular weight excluding hydrogens is 138 g/mol. The van der Waals surface area contributed by atoms with Gasteiger partial charge in [-0.25, -0.2) is 0 Å². The molecular formula is C9H17NO. The summed E-state index contributed by atoms with van der Waals surface area (Å²) >= 11 is 0. The first kappa shape index (κ1) is 8.72. The van der Waals surface area contributed by atoms with Crippen molar-refractivity contribution in [2.75, 3.05) is 0 Å². The van der Waals surface area contributed by atoms with Gasteiger partial charge in [0.1, 0.15) is 0 Å². The molecule has 0 unspecified atom stereocenters. The average Bonchev–Trinajstić information content (AvgIpc) is 1.79. The molecule has 0 aromatic heterocycles. The van der Waals surface area contributed by atoms with E-state index in [1.165, 1.54) is 0 Å². The summed E-state index contributed by atoms with van der Waals surface area (Å²) in [5.41, 5.74) is 5.14. The van der Waals surface area contributed by atoms with Gasteiger partial charge in [-0.1, -0.05) is 20.8 Å². The second-order valence-corrected chi connectivity index (χ2v) is 4.59. The summed E-state index contributed by atoms with van der Waals surface area (Å²) < 4.78 is 0. The molecule has 0 aromatic rings. The Balaban J connectivity index is 2.68. The Morgan fingerprint density at radius 2 is 1.82 bits per heavy atom. The zero-order valence-corrected chi connectivity index (χ0v) is 7.61. The minimum Gasteiger partial charge on any atom is -0.319 e. The molecule has 1 fully saturated rings. The van der Waals surface area contributed by atoms with E-state index in [0.29, 0.717) is 0 Å². The van der Waals surface area contributed by atoms with E-state index in [0.717, 1.165) is 19.3 Å². The monoisotopic (exact) mass is 155 g/mol. The van der Waals surface area contributed by atoms with Gasteiger partial charge in [0, 0.05) is 5.41 Å².